The predicted octanol–water partition coefficient (Wildman–Crippen LogP) is 2.83. The number of hydrogen-bond acceptors (Lipinski definition) is 6. The number of ether oxygens (including phenoxy) is 4. The third kappa shape index (κ3) is 3.46. The highest BCUT2D eigenvalue weighted by Crippen LogP contribution is 2.45. The van der Waals surface area contributed by atoms with E-state index in [-0.39, 0.29) is 12.6 Å². The maximum absolute atomic E-state index is 10.9. The molecule has 2 aromatic carbocycles. The highest BCUT2D eigenvalue weighted by atomic mass is 16.5. The van der Waals surface area contributed by atoms with Gasteiger partial charge in [0.05, 0.1) is 21.3 Å². The van der Waals surface area contributed by atoms with Crippen LogP contribution < -0.4 is 18.9 Å². The van der Waals surface area contributed by atoms with Crippen molar-refractivity contribution in [3.63, 3.8) is 0 Å². The normalized spacial score (nSPS) is 17.6. The van der Waals surface area contributed by atoms with Gasteiger partial charge in [-0.05, 0) is 47.7 Å². The first-order valence-corrected chi connectivity index (χ1v) is 9.57. The number of rotatable bonds is 6. The lowest BCUT2D eigenvalue weighted by molar-refractivity contribution is -0.139. The van der Waals surface area contributed by atoms with E-state index in [2.05, 4.69) is 11.0 Å². The van der Waals surface area contributed by atoms with Crippen LogP contribution in [0.1, 0.15) is 28.3 Å². The monoisotopic (exact) mass is 399 g/mol. The highest BCUT2D eigenvalue weighted by Gasteiger charge is 2.35. The first-order chi connectivity index (χ1) is 14.0. The summed E-state index contributed by atoms with van der Waals surface area (Å²) in [7, 11) is 4.91. The van der Waals surface area contributed by atoms with Gasteiger partial charge >= 0.3 is 5.97 Å². The number of fused-ring (bicyclic) bond motifs is 4. The number of carboxylic acid groups (broad SMARTS) is 1. The second-order valence-electron chi connectivity index (χ2n) is 7.26. The first-order valence-electron chi connectivity index (χ1n) is 9.57. The Balaban J connectivity index is 1.70. The van der Waals surface area contributed by atoms with Gasteiger partial charge in [0.2, 0.25) is 0 Å². The van der Waals surface area contributed by atoms with E-state index in [0.717, 1.165) is 37.4 Å². The molecule has 4 rings (SSSR count). The van der Waals surface area contributed by atoms with E-state index in [4.69, 9.17) is 24.1 Å². The van der Waals surface area contributed by atoms with Gasteiger partial charge < -0.3 is 24.1 Å². The molecule has 0 amide bonds. The minimum Gasteiger partial charge on any atom is -0.493 e. The van der Waals surface area contributed by atoms with Gasteiger partial charge in [0, 0.05) is 24.7 Å². The molecule has 0 aromatic heterocycles. The summed E-state index contributed by atoms with van der Waals surface area (Å²) in [6, 6.07) is 8.23. The Hall–Kier alpha value is -2.93. The lowest BCUT2D eigenvalue weighted by Crippen LogP contribution is -2.39. The number of carboxylic acids is 1. The third-order valence-corrected chi connectivity index (χ3v) is 5.76. The predicted molar refractivity (Wildman–Crippen MR) is 106 cm³/mol. The molecule has 0 saturated heterocycles. The maximum atomic E-state index is 10.9. The summed E-state index contributed by atoms with van der Waals surface area (Å²) in [4.78, 5) is 13.3. The Labute approximate surface area is 169 Å². The quantitative estimate of drug-likeness (QED) is 0.800. The standard InChI is InChI=1S/C22H25NO6/c1-26-18-5-4-13-8-17-15-10-19(27-2)20(29-12-21(24)25)9-14(15)6-7-23(17)11-16(13)22(18)28-3/h4-5,9-10,17H,6-8,11-12H2,1-3H3,(H,24,25)/t17-/m1/s1. The van der Waals surface area contributed by atoms with Gasteiger partial charge in [-0.3, -0.25) is 4.90 Å². The number of benzene rings is 2. The van der Waals surface area contributed by atoms with E-state index in [9.17, 15) is 4.79 Å². The Bertz CT molecular complexity index is 941. The summed E-state index contributed by atoms with van der Waals surface area (Å²) >= 11 is 0. The van der Waals surface area contributed by atoms with E-state index in [1.54, 1.807) is 21.3 Å². The molecule has 0 unspecified atom stereocenters. The van der Waals surface area contributed by atoms with Crippen molar-refractivity contribution in [1.82, 2.24) is 4.90 Å². The molecule has 7 nitrogen and oxygen atoms in total. The smallest absolute Gasteiger partial charge is 0.341 e. The van der Waals surface area contributed by atoms with Crippen LogP contribution in [0.3, 0.4) is 0 Å². The SMILES string of the molecule is COc1cc2c(cc1OCC(=O)O)CCN1Cc3c(ccc(OC)c3OC)C[C@H]21. The molecule has 1 N–H and O–H groups in total. The fourth-order valence-corrected chi connectivity index (χ4v) is 4.41. The van der Waals surface area contributed by atoms with Crippen LogP contribution in [-0.2, 0) is 24.2 Å². The van der Waals surface area contributed by atoms with Crippen LogP contribution in [0.15, 0.2) is 24.3 Å². The van der Waals surface area contributed by atoms with E-state index in [1.165, 1.54) is 22.3 Å². The van der Waals surface area contributed by atoms with Gasteiger partial charge in [0.15, 0.2) is 29.6 Å². The number of methoxy groups -OCH3 is 3. The van der Waals surface area contributed by atoms with Crippen molar-refractivity contribution in [3.8, 4) is 23.0 Å². The molecule has 2 aliphatic heterocycles. The van der Waals surface area contributed by atoms with Crippen molar-refractivity contribution in [2.45, 2.75) is 25.4 Å². The van der Waals surface area contributed by atoms with Crippen LogP contribution in [0.5, 0.6) is 23.0 Å². The first kappa shape index (κ1) is 19.4. The van der Waals surface area contributed by atoms with Gasteiger partial charge in [-0.15, -0.1) is 0 Å². The van der Waals surface area contributed by atoms with Gasteiger partial charge in [0.25, 0.3) is 0 Å². The van der Waals surface area contributed by atoms with E-state index in [0.29, 0.717) is 11.5 Å². The Morgan fingerprint density at radius 3 is 2.55 bits per heavy atom. The summed E-state index contributed by atoms with van der Waals surface area (Å²) in [5, 5.41) is 8.91. The number of aliphatic carboxylic acids is 1. The van der Waals surface area contributed by atoms with Crippen LogP contribution in [0.25, 0.3) is 0 Å². The van der Waals surface area contributed by atoms with Crippen molar-refractivity contribution in [1.29, 1.82) is 0 Å². The zero-order chi connectivity index (χ0) is 20.5. The molecule has 29 heavy (non-hydrogen) atoms. The third-order valence-electron chi connectivity index (χ3n) is 5.76. The molecule has 2 heterocycles. The van der Waals surface area contributed by atoms with Crippen molar-refractivity contribution in [3.05, 3.63) is 46.5 Å². The summed E-state index contributed by atoms with van der Waals surface area (Å²) in [5.74, 6) is 1.59. The van der Waals surface area contributed by atoms with Crippen LogP contribution in [0.2, 0.25) is 0 Å². The maximum Gasteiger partial charge on any atom is 0.341 e. The molecular weight excluding hydrogens is 374 g/mol. The number of hydrogen-bond donors (Lipinski definition) is 1. The minimum absolute atomic E-state index is 0.228. The number of carbonyl (C=O) groups is 1. The highest BCUT2D eigenvalue weighted by molar-refractivity contribution is 5.68. The van der Waals surface area contributed by atoms with Gasteiger partial charge in [-0.1, -0.05) is 6.07 Å². The lowest BCUT2D eigenvalue weighted by Gasteiger charge is -2.42. The molecule has 0 radical (unpaired) electrons. The molecule has 0 bridgehead atoms. The summed E-state index contributed by atoms with van der Waals surface area (Å²) in [6.45, 7) is 1.31. The molecule has 7 heteroatoms. The van der Waals surface area contributed by atoms with Crippen LogP contribution >= 0.6 is 0 Å². The van der Waals surface area contributed by atoms with E-state index >= 15 is 0 Å². The van der Waals surface area contributed by atoms with Gasteiger partial charge in [0.1, 0.15) is 0 Å². The largest absolute Gasteiger partial charge is 0.493 e. The van der Waals surface area contributed by atoms with Crippen molar-refractivity contribution in [2.24, 2.45) is 0 Å². The van der Waals surface area contributed by atoms with Crippen molar-refractivity contribution < 1.29 is 28.8 Å². The molecule has 0 fully saturated rings. The number of nitrogens with zero attached hydrogens (tertiary/aromatic N) is 1. The molecule has 2 aromatic rings. The summed E-state index contributed by atoms with van der Waals surface area (Å²) in [5.41, 5.74) is 4.81. The molecule has 0 saturated carbocycles. The van der Waals surface area contributed by atoms with E-state index < -0.39 is 5.97 Å². The van der Waals surface area contributed by atoms with Gasteiger partial charge in [-0.2, -0.15) is 0 Å². The summed E-state index contributed by atoms with van der Waals surface area (Å²) in [6.07, 6.45) is 1.72. The summed E-state index contributed by atoms with van der Waals surface area (Å²) < 4.78 is 22.0. The van der Waals surface area contributed by atoms with Crippen LogP contribution in [-0.4, -0.2) is 50.5 Å². The van der Waals surface area contributed by atoms with Crippen molar-refractivity contribution in [2.75, 3.05) is 34.5 Å². The fourth-order valence-electron chi connectivity index (χ4n) is 4.41. The van der Waals surface area contributed by atoms with Crippen molar-refractivity contribution >= 4 is 5.97 Å². The van der Waals surface area contributed by atoms with Crippen LogP contribution in [0, 0.1) is 0 Å². The Morgan fingerprint density at radius 2 is 1.86 bits per heavy atom. The molecule has 0 spiro atoms. The Kier molecular flexibility index (Phi) is 5.24. The Morgan fingerprint density at radius 1 is 1.07 bits per heavy atom. The molecule has 154 valence electrons. The topological polar surface area (TPSA) is 77.5 Å². The second-order valence-corrected chi connectivity index (χ2v) is 7.26. The van der Waals surface area contributed by atoms with Gasteiger partial charge in [-0.25, -0.2) is 4.79 Å². The zero-order valence-electron chi connectivity index (χ0n) is 16.9. The minimum atomic E-state index is -1.01. The van der Waals surface area contributed by atoms with Crippen LogP contribution in [0.4, 0.5) is 0 Å². The molecular formula is C22H25NO6. The average Bonchev–Trinajstić information content (AvgIpc) is 2.74. The zero-order valence-corrected chi connectivity index (χ0v) is 16.9. The molecule has 1 atom stereocenters. The second kappa shape index (κ2) is 7.83. The molecule has 0 aliphatic carbocycles. The average molecular weight is 399 g/mol. The fraction of sp³-hybridized carbons (Fsp3) is 0.409. The van der Waals surface area contributed by atoms with E-state index in [1.807, 2.05) is 18.2 Å². The lowest BCUT2D eigenvalue weighted by atomic mass is 9.83. The molecule has 2 aliphatic rings.